The Kier molecular flexibility index (Phi) is 6.23. The summed E-state index contributed by atoms with van der Waals surface area (Å²) in [7, 11) is 0. The lowest BCUT2D eigenvalue weighted by molar-refractivity contribution is 0.570. The molecule has 0 amide bonds. The molecule has 0 saturated carbocycles. The third-order valence-corrected chi connectivity index (χ3v) is 8.40. The molecule has 0 spiro atoms. The molecule has 0 fully saturated rings. The first-order valence-corrected chi connectivity index (χ1v) is 14.2. The highest BCUT2D eigenvalue weighted by atomic mass is 79.9. The molecule has 5 aromatic rings. The normalized spacial score (nSPS) is 15.6. The summed E-state index contributed by atoms with van der Waals surface area (Å²) < 4.78 is 24.8. The van der Waals surface area contributed by atoms with E-state index in [0.717, 1.165) is 38.7 Å². The fraction of sp³-hybridized carbons (Fsp3) is 0.125. The number of rotatable bonds is 4. The van der Waals surface area contributed by atoms with Crippen LogP contribution >= 0.6 is 15.9 Å². The largest absolute Gasteiger partial charge is 0.289 e. The predicted octanol–water partition coefficient (Wildman–Crippen LogP) is 9.47. The van der Waals surface area contributed by atoms with E-state index in [9.17, 15) is 8.76 Å². The maximum Gasteiger partial charge on any atom is 0.259 e. The lowest BCUT2D eigenvalue weighted by atomic mass is 9.80. The van der Waals surface area contributed by atoms with E-state index < -0.39 is 11.3 Å². The smallest absolute Gasteiger partial charge is 0.259 e. The van der Waals surface area contributed by atoms with Crippen LogP contribution in [0.3, 0.4) is 0 Å². The number of aryl methyl sites for hydroxylation is 1. The third kappa shape index (κ3) is 4.21. The average Bonchev–Trinajstić information content (AvgIpc) is 2.88. The average molecular weight is 569 g/mol. The van der Waals surface area contributed by atoms with Crippen LogP contribution in [0, 0.1) is 6.92 Å². The molecule has 0 heterocycles. The number of hydrogen-bond acceptors (Lipinski definition) is 1. The first kappa shape index (κ1) is 24.1. The number of benzene rings is 5. The molecule has 5 heteroatoms. The zero-order chi connectivity index (χ0) is 25.7. The molecule has 0 aromatic heterocycles. The Hall–Kier alpha value is -3.25. The van der Waals surface area contributed by atoms with Crippen LogP contribution in [0.4, 0.5) is 5.69 Å². The van der Waals surface area contributed by atoms with Gasteiger partial charge in [-0.15, -0.1) is 0 Å². The van der Waals surface area contributed by atoms with E-state index in [1.54, 1.807) is 0 Å². The SMILES string of the molecule is Cc1ccc(-c2ccc3c(c2)c2c(c4ccccc43)C=CCC2C)c(-c2c(Br)cccc2NS(=O)O)c1. The third-order valence-electron chi connectivity index (χ3n) is 7.34. The van der Waals surface area contributed by atoms with E-state index in [1.165, 1.54) is 32.7 Å². The van der Waals surface area contributed by atoms with Crippen LogP contribution in [-0.4, -0.2) is 8.76 Å². The molecule has 0 aliphatic heterocycles. The number of nitrogens with one attached hydrogen (secondary N) is 1. The van der Waals surface area contributed by atoms with E-state index in [1.807, 2.05) is 18.2 Å². The van der Waals surface area contributed by atoms with E-state index in [0.29, 0.717) is 11.6 Å². The van der Waals surface area contributed by atoms with Crippen LogP contribution in [0.2, 0.25) is 0 Å². The molecular formula is C32H26BrNO2S. The number of fused-ring (bicyclic) bond motifs is 6. The van der Waals surface area contributed by atoms with Crippen LogP contribution < -0.4 is 4.72 Å². The molecule has 2 atom stereocenters. The van der Waals surface area contributed by atoms with Gasteiger partial charge in [-0.2, -0.15) is 0 Å². The van der Waals surface area contributed by atoms with Crippen LogP contribution in [0.25, 0.3) is 49.9 Å². The van der Waals surface area contributed by atoms with E-state index in [-0.39, 0.29) is 0 Å². The van der Waals surface area contributed by atoms with E-state index >= 15 is 0 Å². The number of halogens is 1. The van der Waals surface area contributed by atoms with Gasteiger partial charge in [-0.05, 0) is 86.8 Å². The molecule has 0 saturated heterocycles. The topological polar surface area (TPSA) is 49.3 Å². The highest BCUT2D eigenvalue weighted by Crippen LogP contribution is 2.45. The highest BCUT2D eigenvalue weighted by molar-refractivity contribution is 9.10. The first-order valence-electron chi connectivity index (χ1n) is 12.3. The Morgan fingerprint density at radius 1 is 0.892 bits per heavy atom. The van der Waals surface area contributed by atoms with E-state index in [4.69, 9.17) is 0 Å². The zero-order valence-electron chi connectivity index (χ0n) is 20.6. The summed E-state index contributed by atoms with van der Waals surface area (Å²) in [5, 5.41) is 5.13. The van der Waals surface area contributed by atoms with E-state index in [2.05, 4.69) is 107 Å². The molecule has 1 aliphatic carbocycles. The van der Waals surface area contributed by atoms with Gasteiger partial charge < -0.3 is 0 Å². The molecule has 37 heavy (non-hydrogen) atoms. The molecule has 0 bridgehead atoms. The maximum absolute atomic E-state index is 11.7. The Morgan fingerprint density at radius 2 is 1.68 bits per heavy atom. The summed E-state index contributed by atoms with van der Waals surface area (Å²) >= 11 is 1.52. The van der Waals surface area contributed by atoms with Crippen molar-refractivity contribution in [2.24, 2.45) is 0 Å². The van der Waals surface area contributed by atoms with Gasteiger partial charge in [0.15, 0.2) is 0 Å². The van der Waals surface area contributed by atoms with Gasteiger partial charge in [-0.1, -0.05) is 101 Å². The van der Waals surface area contributed by atoms with Crippen molar-refractivity contribution in [3.8, 4) is 22.3 Å². The fourth-order valence-corrected chi connectivity index (χ4v) is 6.66. The molecule has 3 nitrogen and oxygen atoms in total. The van der Waals surface area contributed by atoms with Crippen LogP contribution in [0.1, 0.15) is 36.0 Å². The second-order valence-corrected chi connectivity index (χ2v) is 11.3. The van der Waals surface area contributed by atoms with Crippen molar-refractivity contribution in [2.45, 2.75) is 26.2 Å². The standard InChI is InChI=1S/C32H26BrNO2S/c1-19-13-15-22(27(17-19)32-29(33)11-6-12-30(32)34-37(35)36)21-14-16-25-23-8-3-4-9-24(23)26-10-5-7-20(2)31(26)28(25)18-21/h3-6,8-18,20,34H,7H2,1-2H3,(H,35,36). The Labute approximate surface area is 227 Å². The Balaban J connectivity index is 1.65. The van der Waals surface area contributed by atoms with Gasteiger partial charge in [0.2, 0.25) is 0 Å². The van der Waals surface area contributed by atoms with Crippen LogP contribution in [0.15, 0.2) is 89.4 Å². The maximum atomic E-state index is 11.7. The minimum Gasteiger partial charge on any atom is -0.289 e. The van der Waals surface area contributed by atoms with Crippen molar-refractivity contribution < 1.29 is 8.76 Å². The summed E-state index contributed by atoms with van der Waals surface area (Å²) in [6.45, 7) is 4.38. The van der Waals surface area contributed by atoms with Gasteiger partial charge in [-0.3, -0.25) is 9.27 Å². The van der Waals surface area contributed by atoms with Gasteiger partial charge >= 0.3 is 0 Å². The number of allylic oxidation sites excluding steroid dienone is 1. The molecule has 2 unspecified atom stereocenters. The highest BCUT2D eigenvalue weighted by Gasteiger charge is 2.21. The minimum atomic E-state index is -2.18. The number of hydrogen-bond donors (Lipinski definition) is 2. The zero-order valence-corrected chi connectivity index (χ0v) is 23.0. The molecule has 184 valence electrons. The molecule has 2 N–H and O–H groups in total. The second kappa shape index (κ2) is 9.56. The summed E-state index contributed by atoms with van der Waals surface area (Å²) in [6.07, 6.45) is 5.61. The van der Waals surface area contributed by atoms with Gasteiger partial charge in [0.1, 0.15) is 0 Å². The van der Waals surface area contributed by atoms with Gasteiger partial charge in [0.25, 0.3) is 11.3 Å². The Morgan fingerprint density at radius 3 is 2.49 bits per heavy atom. The van der Waals surface area contributed by atoms with Crippen molar-refractivity contribution in [3.63, 3.8) is 0 Å². The summed E-state index contributed by atoms with van der Waals surface area (Å²) in [6, 6.07) is 27.5. The predicted molar refractivity (Wildman–Crippen MR) is 161 cm³/mol. The van der Waals surface area contributed by atoms with Crippen LogP contribution in [-0.2, 0) is 11.3 Å². The summed E-state index contributed by atoms with van der Waals surface area (Å²) in [5.74, 6) is 0.429. The molecule has 0 radical (unpaired) electrons. The van der Waals surface area contributed by atoms with Gasteiger partial charge in [0, 0.05) is 10.0 Å². The lowest BCUT2D eigenvalue weighted by Gasteiger charge is -2.24. The minimum absolute atomic E-state index is 0.429. The molecular weight excluding hydrogens is 542 g/mol. The molecule has 5 aromatic carbocycles. The Bertz CT molecular complexity index is 1760. The fourth-order valence-electron chi connectivity index (χ4n) is 5.72. The molecule has 6 rings (SSSR count). The van der Waals surface area contributed by atoms with Crippen molar-refractivity contribution in [1.82, 2.24) is 0 Å². The monoisotopic (exact) mass is 567 g/mol. The van der Waals surface area contributed by atoms with Crippen molar-refractivity contribution in [1.29, 1.82) is 0 Å². The summed E-state index contributed by atoms with van der Waals surface area (Å²) in [4.78, 5) is 0. The van der Waals surface area contributed by atoms with Crippen LogP contribution in [0.5, 0.6) is 0 Å². The number of anilines is 1. The first-order chi connectivity index (χ1) is 17.9. The van der Waals surface area contributed by atoms with Gasteiger partial charge in [-0.25, -0.2) is 4.21 Å². The lowest BCUT2D eigenvalue weighted by Crippen LogP contribution is -2.04. The van der Waals surface area contributed by atoms with Crippen molar-refractivity contribution in [3.05, 3.63) is 106 Å². The quantitative estimate of drug-likeness (QED) is 0.168. The van der Waals surface area contributed by atoms with Crippen molar-refractivity contribution >= 4 is 60.5 Å². The van der Waals surface area contributed by atoms with Gasteiger partial charge in [0.05, 0.1) is 5.69 Å². The second-order valence-electron chi connectivity index (χ2n) is 9.74. The van der Waals surface area contributed by atoms with Crippen molar-refractivity contribution in [2.75, 3.05) is 4.72 Å². The molecule has 1 aliphatic rings. The summed E-state index contributed by atoms with van der Waals surface area (Å²) in [5.41, 5.74) is 8.51.